The SMILES string of the molecule is COc1cccc(NC(=O)c2cnc(N(C)C3CCS(=O)(=O)C3)cn2)c1. The maximum Gasteiger partial charge on any atom is 0.275 e. The second-order valence-corrected chi connectivity index (χ2v) is 8.34. The summed E-state index contributed by atoms with van der Waals surface area (Å²) in [7, 11) is 0.361. The molecule has 1 amide bonds. The monoisotopic (exact) mass is 376 g/mol. The third-order valence-corrected chi connectivity index (χ3v) is 6.07. The first-order chi connectivity index (χ1) is 12.4. The number of hydrogen-bond acceptors (Lipinski definition) is 7. The normalized spacial score (nSPS) is 18.3. The predicted molar refractivity (Wildman–Crippen MR) is 98.4 cm³/mol. The molecule has 3 rings (SSSR count). The minimum absolute atomic E-state index is 0.114. The molecule has 1 fully saturated rings. The molecular weight excluding hydrogens is 356 g/mol. The van der Waals surface area contributed by atoms with Crippen molar-refractivity contribution in [2.24, 2.45) is 0 Å². The fourth-order valence-electron chi connectivity index (χ4n) is 2.78. The van der Waals surface area contributed by atoms with Gasteiger partial charge in [-0.2, -0.15) is 0 Å². The number of carbonyl (C=O) groups is 1. The molecular formula is C17H20N4O4S. The third-order valence-electron chi connectivity index (χ3n) is 4.32. The van der Waals surface area contributed by atoms with E-state index in [0.29, 0.717) is 23.7 Å². The molecule has 1 aromatic heterocycles. The maximum atomic E-state index is 12.3. The van der Waals surface area contributed by atoms with Crippen LogP contribution in [0, 0.1) is 0 Å². The number of hydrogen-bond donors (Lipinski definition) is 1. The van der Waals surface area contributed by atoms with Gasteiger partial charge in [0, 0.05) is 24.8 Å². The van der Waals surface area contributed by atoms with Crippen molar-refractivity contribution in [3.63, 3.8) is 0 Å². The molecule has 1 saturated heterocycles. The molecule has 2 aromatic rings. The number of rotatable bonds is 5. The zero-order chi connectivity index (χ0) is 18.7. The molecule has 1 N–H and O–H groups in total. The third kappa shape index (κ3) is 4.10. The highest BCUT2D eigenvalue weighted by Crippen LogP contribution is 2.21. The Kier molecular flexibility index (Phi) is 5.08. The van der Waals surface area contributed by atoms with Gasteiger partial charge in [-0.1, -0.05) is 6.07 Å². The average Bonchev–Trinajstić information content (AvgIpc) is 3.01. The van der Waals surface area contributed by atoms with E-state index in [2.05, 4.69) is 15.3 Å². The van der Waals surface area contributed by atoms with Gasteiger partial charge in [-0.25, -0.2) is 18.4 Å². The molecule has 9 heteroatoms. The van der Waals surface area contributed by atoms with Crippen molar-refractivity contribution in [2.45, 2.75) is 12.5 Å². The van der Waals surface area contributed by atoms with Crippen LogP contribution in [0.25, 0.3) is 0 Å². The van der Waals surface area contributed by atoms with E-state index in [1.165, 1.54) is 12.4 Å². The summed E-state index contributed by atoms with van der Waals surface area (Å²) in [6.45, 7) is 0. The molecule has 1 aliphatic rings. The first-order valence-electron chi connectivity index (χ1n) is 8.09. The summed E-state index contributed by atoms with van der Waals surface area (Å²) < 4.78 is 28.3. The predicted octanol–water partition coefficient (Wildman–Crippen LogP) is 1.36. The molecule has 2 heterocycles. The molecule has 26 heavy (non-hydrogen) atoms. The van der Waals surface area contributed by atoms with Gasteiger partial charge in [-0.3, -0.25) is 4.79 Å². The second kappa shape index (κ2) is 7.28. The molecule has 1 aromatic carbocycles. The van der Waals surface area contributed by atoms with E-state index >= 15 is 0 Å². The zero-order valence-electron chi connectivity index (χ0n) is 14.5. The van der Waals surface area contributed by atoms with Crippen LogP contribution in [0.2, 0.25) is 0 Å². The van der Waals surface area contributed by atoms with Crippen LogP contribution in [0.1, 0.15) is 16.9 Å². The summed E-state index contributed by atoms with van der Waals surface area (Å²) in [5.74, 6) is 1.09. The number of anilines is 2. The summed E-state index contributed by atoms with van der Waals surface area (Å²) in [6.07, 6.45) is 3.43. The Morgan fingerprint density at radius 1 is 1.31 bits per heavy atom. The Labute approximate surface area is 152 Å². The van der Waals surface area contributed by atoms with Crippen molar-refractivity contribution < 1.29 is 17.9 Å². The Morgan fingerprint density at radius 2 is 2.12 bits per heavy atom. The van der Waals surface area contributed by atoms with E-state index in [9.17, 15) is 13.2 Å². The molecule has 0 radical (unpaired) electrons. The Bertz CT molecular complexity index is 899. The lowest BCUT2D eigenvalue weighted by atomic mass is 10.2. The summed E-state index contributed by atoms with van der Waals surface area (Å²) in [4.78, 5) is 22.5. The summed E-state index contributed by atoms with van der Waals surface area (Å²) in [5.41, 5.74) is 0.762. The number of methoxy groups -OCH3 is 1. The van der Waals surface area contributed by atoms with Crippen molar-refractivity contribution in [3.05, 3.63) is 42.4 Å². The van der Waals surface area contributed by atoms with Gasteiger partial charge < -0.3 is 15.0 Å². The lowest BCUT2D eigenvalue weighted by Crippen LogP contribution is -2.33. The number of benzene rings is 1. The molecule has 0 bridgehead atoms. The van der Waals surface area contributed by atoms with Gasteiger partial charge in [0.05, 0.1) is 31.0 Å². The number of nitrogens with zero attached hydrogens (tertiary/aromatic N) is 3. The lowest BCUT2D eigenvalue weighted by Gasteiger charge is -2.23. The van der Waals surface area contributed by atoms with Gasteiger partial charge >= 0.3 is 0 Å². The van der Waals surface area contributed by atoms with Gasteiger partial charge in [0.15, 0.2) is 9.84 Å². The van der Waals surface area contributed by atoms with Crippen molar-refractivity contribution in [2.75, 3.05) is 35.9 Å². The van der Waals surface area contributed by atoms with E-state index < -0.39 is 9.84 Å². The van der Waals surface area contributed by atoms with E-state index in [-0.39, 0.29) is 29.1 Å². The first-order valence-corrected chi connectivity index (χ1v) is 9.91. The van der Waals surface area contributed by atoms with E-state index in [4.69, 9.17) is 4.74 Å². The van der Waals surface area contributed by atoms with Crippen LogP contribution < -0.4 is 15.0 Å². The number of sulfone groups is 1. The van der Waals surface area contributed by atoms with Gasteiger partial charge in [-0.15, -0.1) is 0 Å². The van der Waals surface area contributed by atoms with Gasteiger partial charge in [0.1, 0.15) is 17.3 Å². The maximum absolute atomic E-state index is 12.3. The van der Waals surface area contributed by atoms with Gasteiger partial charge in [0.2, 0.25) is 0 Å². The number of aromatic nitrogens is 2. The number of ether oxygens (including phenoxy) is 1. The minimum atomic E-state index is -2.97. The quantitative estimate of drug-likeness (QED) is 0.841. The largest absolute Gasteiger partial charge is 0.497 e. The van der Waals surface area contributed by atoms with Crippen LogP contribution in [-0.2, 0) is 9.84 Å². The van der Waals surface area contributed by atoms with Crippen LogP contribution in [0.5, 0.6) is 5.75 Å². The zero-order valence-corrected chi connectivity index (χ0v) is 15.4. The number of nitrogens with one attached hydrogen (secondary N) is 1. The number of amides is 1. The second-order valence-electron chi connectivity index (χ2n) is 6.11. The van der Waals surface area contributed by atoms with Crippen LogP contribution in [-0.4, -0.2) is 56.0 Å². The average molecular weight is 376 g/mol. The van der Waals surface area contributed by atoms with Crippen molar-refractivity contribution in [1.82, 2.24) is 9.97 Å². The summed E-state index contributed by atoms with van der Waals surface area (Å²) in [5, 5.41) is 2.73. The van der Waals surface area contributed by atoms with Gasteiger partial charge in [0.25, 0.3) is 5.91 Å². The topological polar surface area (TPSA) is 101 Å². The summed E-state index contributed by atoms with van der Waals surface area (Å²) in [6, 6.07) is 6.88. The molecule has 1 aliphatic heterocycles. The lowest BCUT2D eigenvalue weighted by molar-refractivity contribution is 0.102. The minimum Gasteiger partial charge on any atom is -0.497 e. The standard InChI is InChI=1S/C17H20N4O4S/c1-21(13-6-7-26(23,24)11-13)16-10-18-15(9-19-16)17(22)20-12-4-3-5-14(8-12)25-2/h3-5,8-10,13H,6-7,11H2,1-2H3,(H,20,22). The fraction of sp³-hybridized carbons (Fsp3) is 0.353. The molecule has 8 nitrogen and oxygen atoms in total. The summed E-state index contributed by atoms with van der Waals surface area (Å²) >= 11 is 0. The highest BCUT2D eigenvalue weighted by Gasteiger charge is 2.31. The molecule has 1 atom stereocenters. The molecule has 0 saturated carbocycles. The van der Waals surface area contributed by atoms with Gasteiger partial charge in [-0.05, 0) is 18.6 Å². The smallest absolute Gasteiger partial charge is 0.275 e. The first kappa shape index (κ1) is 18.1. The Hall–Kier alpha value is -2.68. The molecule has 138 valence electrons. The van der Waals surface area contributed by atoms with Crippen LogP contribution in [0.4, 0.5) is 11.5 Å². The van der Waals surface area contributed by atoms with Crippen LogP contribution in [0.3, 0.4) is 0 Å². The molecule has 0 spiro atoms. The van der Waals surface area contributed by atoms with E-state index in [1.54, 1.807) is 43.3 Å². The van der Waals surface area contributed by atoms with Crippen LogP contribution in [0.15, 0.2) is 36.7 Å². The number of carbonyl (C=O) groups excluding carboxylic acids is 1. The highest BCUT2D eigenvalue weighted by atomic mass is 32.2. The van der Waals surface area contributed by atoms with Crippen LogP contribution >= 0.6 is 0 Å². The van der Waals surface area contributed by atoms with E-state index in [1.807, 2.05) is 0 Å². The van der Waals surface area contributed by atoms with Crippen molar-refractivity contribution in [3.8, 4) is 5.75 Å². The van der Waals surface area contributed by atoms with E-state index in [0.717, 1.165) is 0 Å². The molecule has 1 unspecified atom stereocenters. The van der Waals surface area contributed by atoms with Crippen molar-refractivity contribution in [1.29, 1.82) is 0 Å². The fourth-order valence-corrected chi connectivity index (χ4v) is 4.56. The highest BCUT2D eigenvalue weighted by molar-refractivity contribution is 7.91. The Morgan fingerprint density at radius 3 is 2.73 bits per heavy atom. The molecule has 0 aliphatic carbocycles. The Balaban J connectivity index is 1.67. The van der Waals surface area contributed by atoms with Crippen molar-refractivity contribution >= 4 is 27.2 Å².